The fourth-order valence-electron chi connectivity index (χ4n) is 2.57. The van der Waals surface area contributed by atoms with Crippen molar-refractivity contribution in [1.82, 2.24) is 0 Å². The van der Waals surface area contributed by atoms with Crippen LogP contribution in [0.15, 0.2) is 47.4 Å². The molecule has 1 heterocycles. The van der Waals surface area contributed by atoms with Crippen LogP contribution in [0.2, 0.25) is 0 Å². The highest BCUT2D eigenvalue weighted by Gasteiger charge is 2.35. The number of benzene rings is 2. The zero-order valence-corrected chi connectivity index (χ0v) is 16.1. The Bertz CT molecular complexity index is 895. The molecule has 0 aliphatic carbocycles. The van der Waals surface area contributed by atoms with Crippen molar-refractivity contribution in [3.63, 3.8) is 0 Å². The molecule has 0 atom stereocenters. The quantitative estimate of drug-likeness (QED) is 0.568. The lowest BCUT2D eigenvalue weighted by molar-refractivity contribution is -0.113. The van der Waals surface area contributed by atoms with E-state index in [-0.39, 0.29) is 5.91 Å². The molecule has 0 unspecified atom stereocenters. The van der Waals surface area contributed by atoms with Gasteiger partial charge in [-0.2, -0.15) is 0 Å². The number of rotatable bonds is 5. The molecule has 1 aliphatic heterocycles. The predicted molar refractivity (Wildman–Crippen MR) is 108 cm³/mol. The molecular formula is C19H17NO4S2. The summed E-state index contributed by atoms with van der Waals surface area (Å²) in [7, 11) is 4.71. The third-order valence-corrected chi connectivity index (χ3v) is 5.15. The van der Waals surface area contributed by atoms with E-state index in [1.807, 2.05) is 24.3 Å². The average Bonchev–Trinajstić information content (AvgIpc) is 2.94. The summed E-state index contributed by atoms with van der Waals surface area (Å²) in [6.45, 7) is 0. The van der Waals surface area contributed by atoms with Crippen LogP contribution in [0, 0.1) is 0 Å². The molecule has 1 amide bonds. The fourth-order valence-corrected chi connectivity index (χ4v) is 3.85. The minimum absolute atomic E-state index is 0.211. The van der Waals surface area contributed by atoms with E-state index in [1.54, 1.807) is 45.6 Å². The van der Waals surface area contributed by atoms with Crippen molar-refractivity contribution < 1.29 is 19.0 Å². The Morgan fingerprint density at radius 2 is 1.73 bits per heavy atom. The van der Waals surface area contributed by atoms with Gasteiger partial charge in [0.05, 0.1) is 31.9 Å². The Hall–Kier alpha value is -2.51. The number of hydrogen-bond donors (Lipinski definition) is 0. The first-order chi connectivity index (χ1) is 12.6. The van der Waals surface area contributed by atoms with Crippen molar-refractivity contribution in [2.75, 3.05) is 26.2 Å². The first-order valence-electron chi connectivity index (χ1n) is 7.72. The molecule has 2 aromatic carbocycles. The molecule has 1 aliphatic rings. The molecule has 0 aromatic heterocycles. The van der Waals surface area contributed by atoms with Gasteiger partial charge in [0.15, 0.2) is 4.32 Å². The molecule has 134 valence electrons. The first-order valence-corrected chi connectivity index (χ1v) is 8.94. The van der Waals surface area contributed by atoms with Crippen molar-refractivity contribution >= 4 is 46.0 Å². The first kappa shape index (κ1) is 18.3. The highest BCUT2D eigenvalue weighted by Crippen LogP contribution is 2.41. The molecule has 0 N–H and O–H groups in total. The van der Waals surface area contributed by atoms with Gasteiger partial charge in [0, 0.05) is 11.6 Å². The van der Waals surface area contributed by atoms with Crippen molar-refractivity contribution in [3.05, 3.63) is 52.9 Å². The lowest BCUT2D eigenvalue weighted by atomic mass is 10.2. The standard InChI is InChI=1S/C19H17NO4S2/c1-22-13-8-9-16(24-3)14(11-13)20-18(21)17(26-19(20)25)10-12-6-4-5-7-15(12)23-2/h4-11H,1-3H3/b17-10-. The van der Waals surface area contributed by atoms with Crippen LogP contribution in [0.4, 0.5) is 5.69 Å². The van der Waals surface area contributed by atoms with Gasteiger partial charge in [-0.15, -0.1) is 0 Å². The monoisotopic (exact) mass is 387 g/mol. The van der Waals surface area contributed by atoms with E-state index in [2.05, 4.69) is 0 Å². The SMILES string of the molecule is COc1ccc(OC)c(N2C(=O)/C(=C/c3ccccc3OC)SC2=S)c1. The number of thiocarbonyl (C=S) groups is 1. The molecule has 3 rings (SSSR count). The second-order valence-corrected chi connectivity index (χ2v) is 6.97. The maximum atomic E-state index is 13.0. The number of thioether (sulfide) groups is 1. The number of methoxy groups -OCH3 is 3. The molecule has 1 saturated heterocycles. The van der Waals surface area contributed by atoms with E-state index in [0.29, 0.717) is 32.2 Å². The lowest BCUT2D eigenvalue weighted by Gasteiger charge is -2.18. The van der Waals surface area contributed by atoms with Crippen LogP contribution in [0.3, 0.4) is 0 Å². The van der Waals surface area contributed by atoms with Crippen LogP contribution in [0.1, 0.15) is 5.56 Å². The van der Waals surface area contributed by atoms with Crippen molar-refractivity contribution in [1.29, 1.82) is 0 Å². The number of para-hydroxylation sites is 1. The van der Waals surface area contributed by atoms with Crippen molar-refractivity contribution in [2.24, 2.45) is 0 Å². The molecular weight excluding hydrogens is 370 g/mol. The number of hydrogen-bond acceptors (Lipinski definition) is 6. The Morgan fingerprint density at radius 3 is 2.42 bits per heavy atom. The smallest absolute Gasteiger partial charge is 0.270 e. The van der Waals surface area contributed by atoms with E-state index < -0.39 is 0 Å². The van der Waals surface area contributed by atoms with Gasteiger partial charge in [0.1, 0.15) is 17.2 Å². The van der Waals surface area contributed by atoms with Gasteiger partial charge in [-0.05, 0) is 24.3 Å². The van der Waals surface area contributed by atoms with Gasteiger partial charge in [-0.25, -0.2) is 0 Å². The number of nitrogens with zero attached hydrogens (tertiary/aromatic N) is 1. The molecule has 2 aromatic rings. The summed E-state index contributed by atoms with van der Waals surface area (Å²) in [6.07, 6.45) is 1.78. The summed E-state index contributed by atoms with van der Waals surface area (Å²) in [5.74, 6) is 1.64. The second kappa shape index (κ2) is 7.80. The Morgan fingerprint density at radius 1 is 1.00 bits per heavy atom. The largest absolute Gasteiger partial charge is 0.497 e. The number of carbonyl (C=O) groups is 1. The van der Waals surface area contributed by atoms with Gasteiger partial charge in [-0.3, -0.25) is 9.69 Å². The minimum atomic E-state index is -0.211. The van der Waals surface area contributed by atoms with Crippen LogP contribution >= 0.6 is 24.0 Å². The number of anilines is 1. The number of amides is 1. The Kier molecular flexibility index (Phi) is 5.49. The minimum Gasteiger partial charge on any atom is -0.497 e. The van der Waals surface area contributed by atoms with Gasteiger partial charge in [0.2, 0.25) is 0 Å². The lowest BCUT2D eigenvalue weighted by Crippen LogP contribution is -2.28. The highest BCUT2D eigenvalue weighted by molar-refractivity contribution is 8.27. The van der Waals surface area contributed by atoms with E-state index in [9.17, 15) is 4.79 Å². The summed E-state index contributed by atoms with van der Waals surface area (Å²) in [4.78, 5) is 15.0. The van der Waals surface area contributed by atoms with Crippen LogP contribution in [-0.4, -0.2) is 31.6 Å². The molecule has 5 nitrogen and oxygen atoms in total. The van der Waals surface area contributed by atoms with Crippen LogP contribution in [-0.2, 0) is 4.79 Å². The summed E-state index contributed by atoms with van der Waals surface area (Å²) >= 11 is 6.68. The third kappa shape index (κ3) is 3.40. The van der Waals surface area contributed by atoms with E-state index in [4.69, 9.17) is 26.4 Å². The highest BCUT2D eigenvalue weighted by atomic mass is 32.2. The zero-order valence-electron chi connectivity index (χ0n) is 14.5. The normalized spacial score (nSPS) is 15.5. The maximum absolute atomic E-state index is 13.0. The summed E-state index contributed by atoms with van der Waals surface area (Å²) < 4.78 is 16.4. The Balaban J connectivity index is 2.01. The van der Waals surface area contributed by atoms with Crippen molar-refractivity contribution in [3.8, 4) is 17.2 Å². The van der Waals surface area contributed by atoms with E-state index in [0.717, 1.165) is 5.56 Å². The molecule has 0 bridgehead atoms. The van der Waals surface area contributed by atoms with E-state index in [1.165, 1.54) is 16.7 Å². The van der Waals surface area contributed by atoms with Crippen LogP contribution in [0.25, 0.3) is 6.08 Å². The number of carbonyl (C=O) groups excluding carboxylic acids is 1. The van der Waals surface area contributed by atoms with Crippen LogP contribution < -0.4 is 19.1 Å². The number of ether oxygens (including phenoxy) is 3. The topological polar surface area (TPSA) is 48.0 Å². The summed E-state index contributed by atoms with van der Waals surface area (Å²) in [5.41, 5.74) is 1.37. The predicted octanol–water partition coefficient (Wildman–Crippen LogP) is 4.12. The molecule has 7 heteroatoms. The van der Waals surface area contributed by atoms with Gasteiger partial charge >= 0.3 is 0 Å². The summed E-state index contributed by atoms with van der Waals surface area (Å²) in [6, 6.07) is 12.7. The van der Waals surface area contributed by atoms with Gasteiger partial charge in [0.25, 0.3) is 5.91 Å². The fraction of sp³-hybridized carbons (Fsp3) is 0.158. The van der Waals surface area contributed by atoms with Gasteiger partial charge < -0.3 is 14.2 Å². The summed E-state index contributed by atoms with van der Waals surface area (Å²) in [5, 5.41) is 0. The Labute approximate surface area is 161 Å². The third-order valence-electron chi connectivity index (χ3n) is 3.85. The van der Waals surface area contributed by atoms with Crippen molar-refractivity contribution in [2.45, 2.75) is 0 Å². The molecule has 0 radical (unpaired) electrons. The molecule has 1 fully saturated rings. The van der Waals surface area contributed by atoms with Gasteiger partial charge in [-0.1, -0.05) is 42.2 Å². The molecule has 0 spiro atoms. The van der Waals surface area contributed by atoms with Crippen LogP contribution in [0.5, 0.6) is 17.2 Å². The second-order valence-electron chi connectivity index (χ2n) is 5.30. The molecule has 0 saturated carbocycles. The zero-order chi connectivity index (χ0) is 18.7. The average molecular weight is 387 g/mol. The maximum Gasteiger partial charge on any atom is 0.270 e. The molecule has 26 heavy (non-hydrogen) atoms. The van der Waals surface area contributed by atoms with E-state index >= 15 is 0 Å².